The molecule has 1 aliphatic carbocycles. The Morgan fingerprint density at radius 3 is 2.74 bits per heavy atom. The number of hydrogen-bond acceptors (Lipinski definition) is 7. The predicted molar refractivity (Wildman–Crippen MR) is 101 cm³/mol. The van der Waals surface area contributed by atoms with E-state index in [1.54, 1.807) is 30.3 Å². The number of methoxy groups -OCH3 is 1. The van der Waals surface area contributed by atoms with Crippen LogP contribution in [0.3, 0.4) is 0 Å². The lowest BCUT2D eigenvalue weighted by atomic mass is 10.1. The van der Waals surface area contributed by atoms with Gasteiger partial charge < -0.3 is 14.8 Å². The second-order valence-electron chi connectivity index (χ2n) is 6.33. The van der Waals surface area contributed by atoms with Crippen LogP contribution in [0.2, 0.25) is 0 Å². The van der Waals surface area contributed by atoms with Gasteiger partial charge in [0.15, 0.2) is 5.13 Å². The first-order valence-corrected chi connectivity index (χ1v) is 9.30. The van der Waals surface area contributed by atoms with Crippen LogP contribution >= 0.6 is 11.3 Å². The van der Waals surface area contributed by atoms with Gasteiger partial charge in [0.05, 0.1) is 12.7 Å². The number of carbonyl (C=O) groups is 2. The van der Waals surface area contributed by atoms with Crippen molar-refractivity contribution in [3.63, 3.8) is 0 Å². The summed E-state index contributed by atoms with van der Waals surface area (Å²) in [5, 5.41) is 3.37. The molecule has 0 bridgehead atoms. The zero-order valence-electron chi connectivity index (χ0n) is 14.8. The number of esters is 1. The van der Waals surface area contributed by atoms with Gasteiger partial charge in [0, 0.05) is 12.0 Å². The molecule has 0 atom stereocenters. The summed E-state index contributed by atoms with van der Waals surface area (Å²) in [5.74, 6) is 0.615. The third-order valence-corrected chi connectivity index (χ3v) is 5.11. The van der Waals surface area contributed by atoms with Crippen molar-refractivity contribution in [1.29, 1.82) is 0 Å². The summed E-state index contributed by atoms with van der Waals surface area (Å²) < 4.78 is 10.6. The molecule has 1 aromatic carbocycles. The molecule has 27 heavy (non-hydrogen) atoms. The fraction of sp³-hybridized carbons (Fsp3) is 0.263. The molecule has 0 unspecified atom stereocenters. The van der Waals surface area contributed by atoms with Crippen LogP contribution in [0.5, 0.6) is 11.6 Å². The molecule has 4 rings (SSSR count). The molecule has 1 N–H and O–H groups in total. The van der Waals surface area contributed by atoms with Crippen molar-refractivity contribution in [3.8, 4) is 11.6 Å². The van der Waals surface area contributed by atoms with Gasteiger partial charge in [0.25, 0.3) is 0 Å². The van der Waals surface area contributed by atoms with Gasteiger partial charge in [-0.3, -0.25) is 4.79 Å². The fourth-order valence-corrected chi connectivity index (χ4v) is 3.36. The average Bonchev–Trinajstić information content (AvgIpc) is 3.44. The molecule has 2 aromatic heterocycles. The van der Waals surface area contributed by atoms with E-state index in [1.165, 1.54) is 18.4 Å². The highest BCUT2D eigenvalue weighted by atomic mass is 32.1. The van der Waals surface area contributed by atoms with Crippen molar-refractivity contribution < 1.29 is 19.1 Å². The van der Waals surface area contributed by atoms with Crippen molar-refractivity contribution in [2.75, 3.05) is 12.4 Å². The largest absolute Gasteiger partial charge is 0.465 e. The second-order valence-corrected chi connectivity index (χ2v) is 7.31. The minimum absolute atomic E-state index is 0.0146. The lowest BCUT2D eigenvalue weighted by Crippen LogP contribution is -2.12. The number of aromatic nitrogens is 2. The molecule has 1 aliphatic rings. The maximum atomic E-state index is 11.9. The number of nitrogens with one attached hydrogen (secondary N) is 1. The first kappa shape index (κ1) is 17.4. The van der Waals surface area contributed by atoms with Crippen LogP contribution in [-0.4, -0.2) is 29.0 Å². The van der Waals surface area contributed by atoms with E-state index in [9.17, 15) is 9.59 Å². The molecular formula is C19H17N3O4S. The number of anilines is 1. The number of thiazole rings is 1. The van der Waals surface area contributed by atoms with Crippen molar-refractivity contribution in [2.45, 2.75) is 19.8 Å². The summed E-state index contributed by atoms with van der Waals surface area (Å²) in [5.41, 5.74) is 1.96. The Morgan fingerprint density at radius 2 is 2.00 bits per heavy atom. The Kier molecular flexibility index (Phi) is 4.49. The average molecular weight is 383 g/mol. The summed E-state index contributed by atoms with van der Waals surface area (Å²) in [4.78, 5) is 33.1. The molecule has 2 heterocycles. The van der Waals surface area contributed by atoms with Gasteiger partial charge in [0.1, 0.15) is 16.1 Å². The third-order valence-electron chi connectivity index (χ3n) is 4.23. The number of hydrogen-bond donors (Lipinski definition) is 1. The Labute approximate surface area is 159 Å². The number of benzene rings is 1. The molecule has 0 spiro atoms. The van der Waals surface area contributed by atoms with Crippen LogP contribution in [0.15, 0.2) is 30.3 Å². The normalized spacial score (nSPS) is 13.4. The molecule has 0 saturated heterocycles. The minimum Gasteiger partial charge on any atom is -0.465 e. The van der Waals surface area contributed by atoms with Gasteiger partial charge in [0.2, 0.25) is 11.8 Å². The number of aryl methyl sites for hydroxylation is 1. The highest BCUT2D eigenvalue weighted by molar-refractivity contribution is 7.21. The first-order valence-electron chi connectivity index (χ1n) is 8.49. The molecule has 1 saturated carbocycles. The van der Waals surface area contributed by atoms with E-state index in [4.69, 9.17) is 9.47 Å². The number of pyridine rings is 1. The molecule has 3 aromatic rings. The molecule has 0 aliphatic heterocycles. The molecule has 1 fully saturated rings. The molecular weight excluding hydrogens is 366 g/mol. The minimum atomic E-state index is -0.429. The van der Waals surface area contributed by atoms with Crippen molar-refractivity contribution in [1.82, 2.24) is 9.97 Å². The van der Waals surface area contributed by atoms with Crippen molar-refractivity contribution >= 4 is 38.7 Å². The maximum absolute atomic E-state index is 11.9. The molecule has 7 nitrogen and oxygen atoms in total. The van der Waals surface area contributed by atoms with Gasteiger partial charge in [-0.05, 0) is 43.5 Å². The van der Waals surface area contributed by atoms with Crippen LogP contribution in [-0.2, 0) is 9.53 Å². The van der Waals surface area contributed by atoms with E-state index >= 15 is 0 Å². The summed E-state index contributed by atoms with van der Waals surface area (Å²) in [6.45, 7) is 1.88. The molecule has 138 valence electrons. The molecule has 0 radical (unpaired) electrons. The van der Waals surface area contributed by atoms with Crippen LogP contribution in [0, 0.1) is 12.8 Å². The van der Waals surface area contributed by atoms with Gasteiger partial charge in [-0.25, -0.2) is 14.8 Å². The number of amides is 1. The summed E-state index contributed by atoms with van der Waals surface area (Å²) in [6.07, 6.45) is 1.88. The van der Waals surface area contributed by atoms with Crippen LogP contribution < -0.4 is 10.1 Å². The quantitative estimate of drug-likeness (QED) is 0.672. The highest BCUT2D eigenvalue weighted by Gasteiger charge is 2.30. The van der Waals surface area contributed by atoms with Gasteiger partial charge in [-0.15, -0.1) is 0 Å². The Morgan fingerprint density at radius 1 is 1.19 bits per heavy atom. The number of rotatable bonds is 5. The summed E-state index contributed by atoms with van der Waals surface area (Å²) in [7, 11) is 1.33. The first-order chi connectivity index (χ1) is 13.0. The monoisotopic (exact) mass is 383 g/mol. The van der Waals surface area contributed by atoms with E-state index in [2.05, 4.69) is 15.3 Å². The summed E-state index contributed by atoms with van der Waals surface area (Å²) in [6, 6.07) is 8.60. The SMILES string of the molecule is COC(=O)c1ccc(C)c(Oc2ccc3nc(NC(=O)C4CC4)sc3n2)c1. The Balaban J connectivity index is 1.57. The fourth-order valence-electron chi connectivity index (χ4n) is 2.53. The van der Waals surface area contributed by atoms with Crippen molar-refractivity contribution in [3.05, 3.63) is 41.5 Å². The summed E-state index contributed by atoms with van der Waals surface area (Å²) >= 11 is 1.30. The molecule has 8 heteroatoms. The zero-order chi connectivity index (χ0) is 19.0. The van der Waals surface area contributed by atoms with Crippen LogP contribution in [0.25, 0.3) is 10.3 Å². The smallest absolute Gasteiger partial charge is 0.337 e. The van der Waals surface area contributed by atoms with E-state index in [1.807, 2.05) is 6.92 Å². The number of ether oxygens (including phenoxy) is 2. The lowest BCUT2D eigenvalue weighted by Gasteiger charge is -2.09. The Bertz CT molecular complexity index is 1040. The van der Waals surface area contributed by atoms with E-state index in [-0.39, 0.29) is 11.8 Å². The van der Waals surface area contributed by atoms with Crippen molar-refractivity contribution in [2.24, 2.45) is 5.92 Å². The third kappa shape index (κ3) is 3.75. The number of nitrogens with zero attached hydrogens (tertiary/aromatic N) is 2. The van der Waals surface area contributed by atoms with Crippen LogP contribution in [0.1, 0.15) is 28.8 Å². The van der Waals surface area contributed by atoms with Gasteiger partial charge in [-0.2, -0.15) is 0 Å². The lowest BCUT2D eigenvalue weighted by molar-refractivity contribution is -0.117. The number of fused-ring (bicyclic) bond motifs is 1. The van der Waals surface area contributed by atoms with Gasteiger partial charge in [-0.1, -0.05) is 17.4 Å². The Hall–Kier alpha value is -3.00. The van der Waals surface area contributed by atoms with Gasteiger partial charge >= 0.3 is 5.97 Å². The standard InChI is InChI=1S/C19H17N3O4S/c1-10-3-4-12(18(24)25-2)9-14(10)26-15-8-7-13-17(21-15)27-19(20-13)22-16(23)11-5-6-11/h3-4,7-9,11H,5-6H2,1-2H3,(H,20,22,23). The molecule has 1 amide bonds. The predicted octanol–water partition coefficient (Wildman–Crippen LogP) is 3.93. The van der Waals surface area contributed by atoms with E-state index in [0.29, 0.717) is 32.7 Å². The maximum Gasteiger partial charge on any atom is 0.337 e. The zero-order valence-corrected chi connectivity index (χ0v) is 15.6. The second kappa shape index (κ2) is 6.96. The van der Waals surface area contributed by atoms with Crippen LogP contribution in [0.4, 0.5) is 5.13 Å². The highest BCUT2D eigenvalue weighted by Crippen LogP contribution is 2.33. The topological polar surface area (TPSA) is 90.4 Å². The van der Waals surface area contributed by atoms with E-state index in [0.717, 1.165) is 18.4 Å². The van der Waals surface area contributed by atoms with E-state index < -0.39 is 5.97 Å². The number of carbonyl (C=O) groups excluding carboxylic acids is 2.